The van der Waals surface area contributed by atoms with Crippen molar-refractivity contribution in [2.75, 3.05) is 39.6 Å². The van der Waals surface area contributed by atoms with Crippen LogP contribution in [0.1, 0.15) is 323 Å². The van der Waals surface area contributed by atoms with Crippen LogP contribution in [0.15, 0.2) is 146 Å². The van der Waals surface area contributed by atoms with E-state index in [-0.39, 0.29) is 25.7 Å². The molecule has 3 unspecified atom stereocenters. The van der Waals surface area contributed by atoms with Crippen LogP contribution < -0.4 is 0 Å². The van der Waals surface area contributed by atoms with Crippen molar-refractivity contribution in [1.29, 1.82) is 0 Å². The summed E-state index contributed by atoms with van der Waals surface area (Å²) in [5, 5.41) is 10.7. The van der Waals surface area contributed by atoms with Crippen LogP contribution >= 0.6 is 15.6 Å². The van der Waals surface area contributed by atoms with Gasteiger partial charge in [0, 0.05) is 25.7 Å². The Morgan fingerprint density at radius 3 is 0.840 bits per heavy atom. The van der Waals surface area contributed by atoms with Crippen molar-refractivity contribution < 1.29 is 80.2 Å². The summed E-state index contributed by atoms with van der Waals surface area (Å²) in [5.74, 6) is -2.32. The summed E-state index contributed by atoms with van der Waals surface area (Å²) >= 11 is 0. The normalized spacial score (nSPS) is 14.6. The number of phosphoric ester groups is 2. The number of carbonyl (C=O) groups excluding carboxylic acids is 4. The molecule has 106 heavy (non-hydrogen) atoms. The lowest BCUT2D eigenvalue weighted by Gasteiger charge is -2.21. The van der Waals surface area contributed by atoms with E-state index in [4.69, 9.17) is 37.0 Å². The average Bonchev–Trinajstić information content (AvgIpc) is 0.902. The monoisotopic (exact) mass is 1530 g/mol. The number of carbonyl (C=O) groups is 4. The number of unbranched alkanes of at least 4 members (excludes halogenated alkanes) is 26. The first kappa shape index (κ1) is 101. The van der Waals surface area contributed by atoms with Gasteiger partial charge in [-0.1, -0.05) is 283 Å². The smallest absolute Gasteiger partial charge is 0.462 e. The van der Waals surface area contributed by atoms with Gasteiger partial charge in [-0.3, -0.25) is 37.3 Å². The van der Waals surface area contributed by atoms with E-state index in [9.17, 15) is 43.2 Å². The summed E-state index contributed by atoms with van der Waals surface area (Å²) < 4.78 is 68.6. The van der Waals surface area contributed by atoms with Gasteiger partial charge in [-0.05, 0) is 161 Å². The Morgan fingerprint density at radius 2 is 0.509 bits per heavy atom. The van der Waals surface area contributed by atoms with E-state index in [1.54, 1.807) is 0 Å². The quantitative estimate of drug-likeness (QED) is 0.0169. The molecule has 0 rings (SSSR count). The molecule has 0 amide bonds. The number of hydrogen-bond acceptors (Lipinski definition) is 15. The predicted octanol–water partition coefficient (Wildman–Crippen LogP) is 24.2. The number of hydrogen-bond donors (Lipinski definition) is 3. The van der Waals surface area contributed by atoms with Crippen LogP contribution in [0.5, 0.6) is 0 Å². The molecule has 0 aromatic carbocycles. The maximum atomic E-state index is 13.1. The average molecular weight is 1530 g/mol. The van der Waals surface area contributed by atoms with Crippen molar-refractivity contribution in [1.82, 2.24) is 0 Å². The molecule has 0 fully saturated rings. The minimum Gasteiger partial charge on any atom is -0.462 e. The second-order valence-electron chi connectivity index (χ2n) is 27.0. The molecule has 0 radical (unpaired) electrons. The fraction of sp³-hybridized carbons (Fsp3) is 0.678. The summed E-state index contributed by atoms with van der Waals surface area (Å²) in [4.78, 5) is 73.1. The molecule has 0 aromatic rings. The number of ether oxygens (including phenoxy) is 4. The van der Waals surface area contributed by atoms with Crippen molar-refractivity contribution in [3.05, 3.63) is 146 Å². The number of aliphatic hydroxyl groups is 1. The molecule has 0 heterocycles. The molecule has 3 N–H and O–H groups in total. The van der Waals surface area contributed by atoms with Crippen LogP contribution in [0.25, 0.3) is 0 Å². The minimum absolute atomic E-state index is 0.0269. The molecule has 0 aliphatic carbocycles. The van der Waals surface area contributed by atoms with Gasteiger partial charge in [-0.15, -0.1) is 0 Å². The van der Waals surface area contributed by atoms with Crippen LogP contribution in [-0.4, -0.2) is 96.7 Å². The maximum absolute atomic E-state index is 13.1. The molecular weight excluding hydrogens is 1380 g/mol. The lowest BCUT2D eigenvalue weighted by molar-refractivity contribution is -0.161. The minimum atomic E-state index is -5.01. The molecule has 0 aliphatic rings. The zero-order valence-corrected chi connectivity index (χ0v) is 68.1. The molecule has 5 atom stereocenters. The van der Waals surface area contributed by atoms with Gasteiger partial charge in [0.2, 0.25) is 0 Å². The Balaban J connectivity index is 5.48. The molecule has 0 aliphatic heterocycles. The molecule has 0 saturated heterocycles. The molecular formula is C87H146O17P2. The van der Waals surface area contributed by atoms with Crippen LogP contribution in [0.4, 0.5) is 0 Å². The van der Waals surface area contributed by atoms with E-state index < -0.39 is 97.5 Å². The molecule has 606 valence electrons. The van der Waals surface area contributed by atoms with Gasteiger partial charge >= 0.3 is 39.5 Å². The van der Waals surface area contributed by atoms with Crippen LogP contribution in [0.3, 0.4) is 0 Å². The first-order valence-electron chi connectivity index (χ1n) is 41.1. The van der Waals surface area contributed by atoms with E-state index >= 15 is 0 Å². The van der Waals surface area contributed by atoms with Crippen molar-refractivity contribution in [2.45, 2.75) is 341 Å². The molecule has 0 bridgehead atoms. The second-order valence-corrected chi connectivity index (χ2v) is 29.9. The van der Waals surface area contributed by atoms with Crippen LogP contribution in [-0.2, 0) is 65.4 Å². The van der Waals surface area contributed by atoms with Crippen molar-refractivity contribution >= 4 is 39.5 Å². The summed E-state index contributed by atoms with van der Waals surface area (Å²) in [6, 6.07) is 0. The molecule has 0 aromatic heterocycles. The topological polar surface area (TPSA) is 237 Å². The number of allylic oxidation sites excluding steroid dienone is 24. The first-order valence-corrected chi connectivity index (χ1v) is 44.1. The van der Waals surface area contributed by atoms with Crippen molar-refractivity contribution in [3.63, 3.8) is 0 Å². The van der Waals surface area contributed by atoms with Gasteiger partial charge in [0.05, 0.1) is 26.4 Å². The van der Waals surface area contributed by atoms with Gasteiger partial charge in [0.15, 0.2) is 12.2 Å². The molecule has 17 nitrogen and oxygen atoms in total. The third kappa shape index (κ3) is 77.1. The van der Waals surface area contributed by atoms with Crippen molar-refractivity contribution in [2.24, 2.45) is 0 Å². The van der Waals surface area contributed by atoms with Gasteiger partial charge in [0.25, 0.3) is 0 Å². The summed E-state index contributed by atoms with van der Waals surface area (Å²) in [7, 11) is -10.00. The fourth-order valence-electron chi connectivity index (χ4n) is 10.5. The maximum Gasteiger partial charge on any atom is 0.472 e. The third-order valence-corrected chi connectivity index (χ3v) is 18.7. The van der Waals surface area contributed by atoms with E-state index in [1.165, 1.54) is 64.2 Å². The third-order valence-electron chi connectivity index (χ3n) is 16.8. The number of aliphatic hydroxyl groups excluding tert-OH is 1. The number of rotatable bonds is 76. The molecule has 19 heteroatoms. The second kappa shape index (κ2) is 78.1. The summed E-state index contributed by atoms with van der Waals surface area (Å²) in [5.41, 5.74) is 0. The van der Waals surface area contributed by atoms with Gasteiger partial charge in [0.1, 0.15) is 19.3 Å². The van der Waals surface area contributed by atoms with Crippen molar-refractivity contribution in [3.8, 4) is 0 Å². The van der Waals surface area contributed by atoms with E-state index in [0.29, 0.717) is 32.1 Å². The lowest BCUT2D eigenvalue weighted by atomic mass is 10.1. The highest BCUT2D eigenvalue weighted by atomic mass is 31.2. The van der Waals surface area contributed by atoms with Gasteiger partial charge in [-0.2, -0.15) is 0 Å². The zero-order valence-electron chi connectivity index (χ0n) is 66.3. The first-order chi connectivity index (χ1) is 51.7. The highest BCUT2D eigenvalue weighted by molar-refractivity contribution is 7.47. The van der Waals surface area contributed by atoms with Crippen LogP contribution in [0.2, 0.25) is 0 Å². The summed E-state index contributed by atoms with van der Waals surface area (Å²) in [6.45, 7) is 4.58. The van der Waals surface area contributed by atoms with E-state index in [2.05, 4.69) is 155 Å². The SMILES string of the molecule is CCC=CCC=CCC=CCC=CCC=CCC=CCCC(=O)OC[C@H](COP(=O)(O)OCC(O)COP(=O)(O)OC[C@@H](COC(=O)CCCCCCCC=CCC=CCCCCC)OC(=O)CCCCCCCCCC=CCCCCCC)OC(=O)CCCCCCC=CCC=CCC=CCCCCC. The Kier molecular flexibility index (Phi) is 74.3. The van der Waals surface area contributed by atoms with E-state index in [0.717, 1.165) is 173 Å². The predicted molar refractivity (Wildman–Crippen MR) is 436 cm³/mol. The van der Waals surface area contributed by atoms with E-state index in [1.807, 2.05) is 18.2 Å². The largest absolute Gasteiger partial charge is 0.472 e. The van der Waals surface area contributed by atoms with Gasteiger partial charge in [-0.25, -0.2) is 9.13 Å². The van der Waals surface area contributed by atoms with Crippen LogP contribution in [0, 0.1) is 0 Å². The molecule has 0 saturated carbocycles. The highest BCUT2D eigenvalue weighted by Crippen LogP contribution is 2.45. The van der Waals surface area contributed by atoms with Gasteiger partial charge < -0.3 is 33.8 Å². The Morgan fingerprint density at radius 1 is 0.274 bits per heavy atom. The Hall–Kier alpha value is -5.06. The molecule has 0 spiro atoms. The zero-order chi connectivity index (χ0) is 77.4. The number of phosphoric acid groups is 2. The Labute approximate surface area is 643 Å². The fourth-order valence-corrected chi connectivity index (χ4v) is 12.1. The Bertz CT molecular complexity index is 2580. The number of esters is 4. The standard InChI is InChI=1S/C87H146O17P2/c1-5-9-13-17-21-25-29-33-37-39-40-42-45-48-52-56-60-64-68-72-85(90)98-78-83(104-87(92)74-70-66-62-58-54-50-46-41-38-34-30-26-22-18-14-10-6-2)80-102-106(95,96)100-76-81(88)75-99-105(93,94)101-79-82(103-86(91)73-69-65-61-57-53-49-44-36-32-28-24-20-16-12-8-4)77-97-84(89)71-67-63-59-55-51-47-43-35-31-27-23-19-15-11-7-3/h9,13,21-23,25-28,32-35,37-38,40,42-43,46,48,50,52,60,64,81-83,88H,5-8,10-12,14-20,24,29-31,36,39,41,44-45,47,49,51,53-59,61-63,65-80H2,1-4H3,(H,93,94)(H,95,96)/t81?,82-,83-/m1/s1. The highest BCUT2D eigenvalue weighted by Gasteiger charge is 2.30. The lowest BCUT2D eigenvalue weighted by Crippen LogP contribution is -2.30. The summed E-state index contributed by atoms with van der Waals surface area (Å²) in [6.07, 6.45) is 89.7.